The van der Waals surface area contributed by atoms with E-state index < -0.39 is 53.6 Å². The number of fused-ring (bicyclic) bond motifs is 3. The predicted octanol–water partition coefficient (Wildman–Crippen LogP) is 1.99. The van der Waals surface area contributed by atoms with E-state index in [0.29, 0.717) is 17.5 Å². The van der Waals surface area contributed by atoms with Gasteiger partial charge in [0.15, 0.2) is 0 Å². The smallest absolute Gasteiger partial charge is 0.313 e. The van der Waals surface area contributed by atoms with Gasteiger partial charge < -0.3 is 24.4 Å². The van der Waals surface area contributed by atoms with Crippen LogP contribution in [-0.2, 0) is 30.5 Å². The Labute approximate surface area is 242 Å². The maximum atomic E-state index is 14.7. The molecular formula is C31H31N5O6. The first-order valence-electron chi connectivity index (χ1n) is 14.2. The van der Waals surface area contributed by atoms with Crippen molar-refractivity contribution < 1.29 is 29.0 Å². The number of carbonyl (C=O) groups is 3. The van der Waals surface area contributed by atoms with Crippen molar-refractivity contribution in [2.24, 2.45) is 11.8 Å². The van der Waals surface area contributed by atoms with Crippen LogP contribution in [0.4, 0.5) is 0 Å². The highest BCUT2D eigenvalue weighted by Gasteiger charge is 2.75. The van der Waals surface area contributed by atoms with Gasteiger partial charge in [-0.1, -0.05) is 72.0 Å². The monoisotopic (exact) mass is 569 g/mol. The van der Waals surface area contributed by atoms with Crippen LogP contribution in [0.2, 0.25) is 0 Å². The highest BCUT2D eigenvalue weighted by atomic mass is 16.6. The van der Waals surface area contributed by atoms with Crippen LogP contribution in [0.5, 0.6) is 0 Å². The maximum Gasteiger partial charge on any atom is 0.313 e. The molecule has 5 heterocycles. The fourth-order valence-corrected chi connectivity index (χ4v) is 7.15. The van der Waals surface area contributed by atoms with Crippen molar-refractivity contribution in [3.8, 4) is 0 Å². The van der Waals surface area contributed by atoms with Crippen LogP contribution in [0, 0.1) is 11.8 Å². The van der Waals surface area contributed by atoms with Crippen LogP contribution in [0.3, 0.4) is 0 Å². The van der Waals surface area contributed by atoms with Crippen LogP contribution >= 0.6 is 0 Å². The fraction of sp³-hybridized carbons (Fsp3) is 0.387. The maximum absolute atomic E-state index is 14.7. The van der Waals surface area contributed by atoms with Crippen molar-refractivity contribution in [2.75, 3.05) is 19.8 Å². The SMILES string of the molecule is C[C@]12C=CCCOC(=O)[C@H]1[C@H]1C(=O)N([C@H](CO)c3ccccc3)C3C(=O)N(Cn4nnc5ccccc54)CC=C[C@@]31O2. The van der Waals surface area contributed by atoms with Crippen LogP contribution in [0.1, 0.15) is 24.9 Å². The zero-order chi connectivity index (χ0) is 29.1. The molecule has 4 aliphatic rings. The molecule has 0 aliphatic carbocycles. The van der Waals surface area contributed by atoms with E-state index in [9.17, 15) is 19.5 Å². The molecule has 3 aromatic rings. The molecule has 11 heteroatoms. The van der Waals surface area contributed by atoms with Gasteiger partial charge in [0.05, 0.1) is 36.3 Å². The molecule has 1 aromatic heterocycles. The Morgan fingerprint density at radius 1 is 1.00 bits per heavy atom. The van der Waals surface area contributed by atoms with Crippen molar-refractivity contribution >= 4 is 28.8 Å². The number of nitrogens with zero attached hydrogens (tertiary/aromatic N) is 5. The number of aliphatic hydroxyl groups excluding tert-OH is 1. The summed E-state index contributed by atoms with van der Waals surface area (Å²) in [6, 6.07) is 14.6. The summed E-state index contributed by atoms with van der Waals surface area (Å²) in [4.78, 5) is 45.8. The first-order valence-corrected chi connectivity index (χ1v) is 14.2. The van der Waals surface area contributed by atoms with E-state index in [4.69, 9.17) is 9.47 Å². The van der Waals surface area contributed by atoms with E-state index in [-0.39, 0.29) is 25.7 Å². The summed E-state index contributed by atoms with van der Waals surface area (Å²) in [6.45, 7) is 1.85. The summed E-state index contributed by atoms with van der Waals surface area (Å²) in [5, 5.41) is 19.2. The largest absolute Gasteiger partial charge is 0.465 e. The number of aromatic nitrogens is 3. The number of likely N-dealkylation sites (tertiary alicyclic amines) is 1. The zero-order valence-electron chi connectivity index (χ0n) is 23.1. The number of rotatable bonds is 5. The molecule has 0 saturated carbocycles. The van der Waals surface area contributed by atoms with E-state index in [1.165, 1.54) is 4.90 Å². The van der Waals surface area contributed by atoms with Crippen molar-refractivity contribution in [3.63, 3.8) is 0 Å². The number of carbonyl (C=O) groups excluding carboxylic acids is 3. The number of hydrogen-bond donors (Lipinski definition) is 1. The lowest BCUT2D eigenvalue weighted by Gasteiger charge is -2.40. The fourth-order valence-electron chi connectivity index (χ4n) is 7.15. The number of aliphatic hydroxyl groups is 1. The molecule has 0 bridgehead atoms. The van der Waals surface area contributed by atoms with Crippen LogP contribution in [-0.4, -0.2) is 84.7 Å². The van der Waals surface area contributed by atoms with Gasteiger partial charge in [-0.3, -0.25) is 14.4 Å². The lowest BCUT2D eigenvalue weighted by molar-refractivity contribution is -0.162. The molecule has 4 aliphatic heterocycles. The Morgan fingerprint density at radius 2 is 1.79 bits per heavy atom. The molecule has 2 amide bonds. The third-order valence-electron chi connectivity index (χ3n) is 8.96. The Hall–Kier alpha value is -4.35. The number of cyclic esters (lactones) is 1. The second-order valence-electron chi connectivity index (χ2n) is 11.4. The summed E-state index contributed by atoms with van der Waals surface area (Å²) < 4.78 is 14.0. The molecule has 216 valence electrons. The number of hydrogen-bond acceptors (Lipinski definition) is 8. The van der Waals surface area contributed by atoms with Gasteiger partial charge in [-0.2, -0.15) is 0 Å². The zero-order valence-corrected chi connectivity index (χ0v) is 23.1. The summed E-state index contributed by atoms with van der Waals surface area (Å²) in [5.74, 6) is -3.36. The Bertz CT molecular complexity index is 1620. The van der Waals surface area contributed by atoms with E-state index in [1.807, 2.05) is 72.8 Å². The van der Waals surface area contributed by atoms with Crippen molar-refractivity contribution in [1.82, 2.24) is 24.8 Å². The minimum absolute atomic E-state index is 0.0841. The van der Waals surface area contributed by atoms with Gasteiger partial charge in [-0.25, -0.2) is 4.68 Å². The number of ether oxygens (including phenoxy) is 2. The van der Waals surface area contributed by atoms with Gasteiger partial charge in [0.1, 0.15) is 29.7 Å². The van der Waals surface area contributed by atoms with E-state index >= 15 is 0 Å². The number of para-hydroxylation sites is 1. The minimum Gasteiger partial charge on any atom is -0.465 e. The summed E-state index contributed by atoms with van der Waals surface area (Å²) in [7, 11) is 0. The van der Waals surface area contributed by atoms with Crippen LogP contribution < -0.4 is 0 Å². The van der Waals surface area contributed by atoms with Gasteiger partial charge in [0, 0.05) is 6.54 Å². The number of esters is 1. The molecule has 0 radical (unpaired) electrons. The first kappa shape index (κ1) is 26.5. The number of amides is 2. The van der Waals surface area contributed by atoms with Crippen LogP contribution in [0.25, 0.3) is 11.0 Å². The molecule has 1 unspecified atom stereocenters. The molecule has 2 aromatic carbocycles. The van der Waals surface area contributed by atoms with E-state index in [1.54, 1.807) is 22.6 Å². The third kappa shape index (κ3) is 3.83. The molecule has 7 rings (SSSR count). The number of benzene rings is 2. The highest BCUT2D eigenvalue weighted by Crippen LogP contribution is 2.58. The van der Waals surface area contributed by atoms with Gasteiger partial charge in [-0.05, 0) is 31.0 Å². The lowest BCUT2D eigenvalue weighted by Crippen LogP contribution is -2.57. The molecule has 1 N–H and O–H groups in total. The van der Waals surface area contributed by atoms with E-state index in [2.05, 4.69) is 10.3 Å². The third-order valence-corrected chi connectivity index (χ3v) is 8.96. The van der Waals surface area contributed by atoms with Gasteiger partial charge in [-0.15, -0.1) is 5.10 Å². The predicted molar refractivity (Wildman–Crippen MR) is 149 cm³/mol. The summed E-state index contributed by atoms with van der Waals surface area (Å²) in [6.07, 6.45) is 7.82. The van der Waals surface area contributed by atoms with Gasteiger partial charge >= 0.3 is 5.97 Å². The molecule has 1 spiro atoms. The second kappa shape index (κ2) is 9.88. The molecule has 6 atom stereocenters. The first-order chi connectivity index (χ1) is 20.4. The molecule has 42 heavy (non-hydrogen) atoms. The Morgan fingerprint density at radius 3 is 2.60 bits per heavy atom. The van der Waals surface area contributed by atoms with Gasteiger partial charge in [0.2, 0.25) is 5.91 Å². The molecule has 2 fully saturated rings. The quantitative estimate of drug-likeness (QED) is 0.365. The minimum atomic E-state index is -1.47. The van der Waals surface area contributed by atoms with Crippen molar-refractivity contribution in [2.45, 2.75) is 43.3 Å². The summed E-state index contributed by atoms with van der Waals surface area (Å²) in [5.41, 5.74) is -0.517. The van der Waals surface area contributed by atoms with E-state index in [0.717, 1.165) is 5.52 Å². The second-order valence-corrected chi connectivity index (χ2v) is 11.4. The molecular weight excluding hydrogens is 538 g/mol. The average Bonchev–Trinajstić information content (AvgIpc) is 3.55. The average molecular weight is 570 g/mol. The standard InChI is InChI=1S/C31H31N5O6/c1-30-14-7-8-17-41-29(40)25(30)24-27(38)36(23(18-37)20-10-3-2-4-11-20)26-28(39)34(16-9-15-31(24,26)42-30)19-35-22-13-6-5-12-21(22)32-33-35/h2-7,9-15,23-26,37H,8,16-19H2,1H3/t23-,24+,25-,26?,30+,31+/m1/s1. The van der Waals surface area contributed by atoms with Crippen LogP contribution in [0.15, 0.2) is 78.9 Å². The Kier molecular flexibility index (Phi) is 6.25. The highest BCUT2D eigenvalue weighted by molar-refractivity contribution is 5.99. The van der Waals surface area contributed by atoms with Gasteiger partial charge in [0.25, 0.3) is 5.91 Å². The summed E-state index contributed by atoms with van der Waals surface area (Å²) >= 11 is 0. The van der Waals surface area contributed by atoms with Crippen molar-refractivity contribution in [3.05, 3.63) is 84.5 Å². The lowest BCUT2D eigenvalue weighted by atomic mass is 9.74. The Balaban J connectivity index is 1.36. The molecule has 2 saturated heterocycles. The topological polar surface area (TPSA) is 127 Å². The van der Waals surface area contributed by atoms with Crippen molar-refractivity contribution in [1.29, 1.82) is 0 Å². The molecule has 11 nitrogen and oxygen atoms in total. The normalized spacial score (nSPS) is 31.3.